The quantitative estimate of drug-likeness (QED) is 0.0230. The molecule has 0 radical (unpaired) electrons. The summed E-state index contributed by atoms with van der Waals surface area (Å²) < 4.78 is 51.3. The van der Waals surface area contributed by atoms with Crippen molar-refractivity contribution in [2.45, 2.75) is 200 Å². The van der Waals surface area contributed by atoms with Gasteiger partial charge >= 0.3 is 17.9 Å². The fraction of sp³-hybridized carbons (Fsp3) is 0.609. The summed E-state index contributed by atoms with van der Waals surface area (Å²) in [5, 5.41) is 0. The topological polar surface area (TPSA) is 134 Å². The summed E-state index contributed by atoms with van der Waals surface area (Å²) in [5.41, 5.74) is 2.82. The van der Waals surface area contributed by atoms with Crippen molar-refractivity contribution in [3.8, 4) is 17.2 Å². The van der Waals surface area contributed by atoms with E-state index in [1.807, 2.05) is 72.8 Å². The van der Waals surface area contributed by atoms with Crippen molar-refractivity contribution in [3.63, 3.8) is 0 Å². The van der Waals surface area contributed by atoms with Crippen molar-refractivity contribution in [2.75, 3.05) is 72.7 Å². The molecule has 0 saturated carbocycles. The average molecular weight is 1130 g/mol. The molecule has 0 N–H and O–H groups in total. The molecule has 0 aliphatic rings. The number of benzene rings is 3. The van der Waals surface area contributed by atoms with Crippen LogP contribution in [0.3, 0.4) is 0 Å². The zero-order valence-corrected chi connectivity index (χ0v) is 50.2. The van der Waals surface area contributed by atoms with E-state index >= 15 is 0 Å². The van der Waals surface area contributed by atoms with Gasteiger partial charge in [-0.3, -0.25) is 0 Å². The molecule has 3 aromatic rings. The van der Waals surface area contributed by atoms with Gasteiger partial charge < -0.3 is 42.6 Å². The summed E-state index contributed by atoms with van der Waals surface area (Å²) in [4.78, 5) is 34.6. The van der Waals surface area contributed by atoms with Crippen LogP contribution in [0.25, 0.3) is 18.2 Å². The molecule has 0 aliphatic carbocycles. The van der Waals surface area contributed by atoms with Gasteiger partial charge in [-0.25, -0.2) is 14.4 Å². The maximum Gasteiger partial charge on any atom is 0.330 e. The van der Waals surface area contributed by atoms with Crippen molar-refractivity contribution in [1.82, 2.24) is 0 Å². The standard InChI is InChI=1S/C69H104O12/c1-4-75-67(70)49-40-60-34-43-63(44-35-60)78-54-30-24-18-12-7-10-16-22-28-52-73-58-66(81-57-33-27-21-15-9-14-20-26-32-56-80-65-47-38-62(39-48-65)42-51-69(72)77-6-3)59-74-53-29-23-17-11-8-13-19-25-31-55-79-64-45-36-61(37-46-64)41-50-68(71)76-5-2/h34-51,66H,4-33,52-59H2,1-3H3. The first-order valence-electron chi connectivity index (χ1n) is 31.4. The van der Waals surface area contributed by atoms with Crippen LogP contribution in [0.2, 0.25) is 0 Å². The molecule has 0 bridgehead atoms. The highest BCUT2D eigenvalue weighted by Crippen LogP contribution is 2.19. The molecule has 452 valence electrons. The summed E-state index contributed by atoms with van der Waals surface area (Å²) in [6.45, 7) is 12.2. The number of esters is 3. The molecule has 0 atom stereocenters. The number of rotatable bonds is 53. The highest BCUT2D eigenvalue weighted by atomic mass is 16.6. The number of hydrogen-bond acceptors (Lipinski definition) is 12. The largest absolute Gasteiger partial charge is 0.494 e. The number of hydrogen-bond donors (Lipinski definition) is 0. The first kappa shape index (κ1) is 69.8. The Kier molecular flexibility index (Phi) is 43.4. The normalized spacial score (nSPS) is 11.9. The van der Waals surface area contributed by atoms with E-state index < -0.39 is 0 Å². The van der Waals surface area contributed by atoms with Crippen molar-refractivity contribution < 1.29 is 57.0 Å². The molecule has 0 fully saturated rings. The minimum Gasteiger partial charge on any atom is -0.494 e. The Hall–Kier alpha value is -5.43. The van der Waals surface area contributed by atoms with E-state index in [0.29, 0.717) is 33.0 Å². The van der Waals surface area contributed by atoms with E-state index in [9.17, 15) is 14.4 Å². The fourth-order valence-electron chi connectivity index (χ4n) is 9.01. The van der Waals surface area contributed by atoms with Gasteiger partial charge in [0.1, 0.15) is 23.4 Å². The van der Waals surface area contributed by atoms with Crippen molar-refractivity contribution >= 4 is 36.1 Å². The summed E-state index contributed by atoms with van der Waals surface area (Å²) in [5.74, 6) is 1.58. The molecule has 0 unspecified atom stereocenters. The summed E-state index contributed by atoms with van der Waals surface area (Å²) in [6, 6.07) is 23.4. The third-order valence-electron chi connectivity index (χ3n) is 13.7. The van der Waals surface area contributed by atoms with Gasteiger partial charge in [0.05, 0.1) is 52.9 Å². The summed E-state index contributed by atoms with van der Waals surface area (Å²) in [6.07, 6.45) is 42.0. The Morgan fingerprint density at radius 3 is 0.815 bits per heavy atom. The van der Waals surface area contributed by atoms with E-state index in [0.717, 1.165) is 112 Å². The molecule has 0 aliphatic heterocycles. The van der Waals surface area contributed by atoms with Crippen LogP contribution < -0.4 is 14.2 Å². The van der Waals surface area contributed by atoms with Crippen LogP contribution in [0.5, 0.6) is 17.2 Å². The first-order chi connectivity index (χ1) is 39.9. The summed E-state index contributed by atoms with van der Waals surface area (Å²) >= 11 is 0. The fourth-order valence-corrected chi connectivity index (χ4v) is 9.01. The highest BCUT2D eigenvalue weighted by Gasteiger charge is 2.11. The van der Waals surface area contributed by atoms with Crippen LogP contribution in [0.15, 0.2) is 91.0 Å². The molecule has 81 heavy (non-hydrogen) atoms. The molecule has 12 heteroatoms. The zero-order valence-electron chi connectivity index (χ0n) is 50.2. The molecular formula is C69H104O12. The van der Waals surface area contributed by atoms with Crippen LogP contribution in [-0.4, -0.2) is 96.7 Å². The van der Waals surface area contributed by atoms with Gasteiger partial charge in [0.15, 0.2) is 0 Å². The van der Waals surface area contributed by atoms with E-state index in [1.54, 1.807) is 39.0 Å². The van der Waals surface area contributed by atoms with Crippen LogP contribution in [-0.2, 0) is 42.8 Å². The second kappa shape index (κ2) is 50.3. The van der Waals surface area contributed by atoms with E-state index in [1.165, 1.54) is 153 Å². The average Bonchev–Trinajstić information content (AvgIpc) is 3.47. The third-order valence-corrected chi connectivity index (χ3v) is 13.7. The van der Waals surface area contributed by atoms with Crippen LogP contribution in [0.1, 0.15) is 211 Å². The summed E-state index contributed by atoms with van der Waals surface area (Å²) in [7, 11) is 0. The lowest BCUT2D eigenvalue weighted by Crippen LogP contribution is -2.26. The molecule has 0 aromatic heterocycles. The highest BCUT2D eigenvalue weighted by molar-refractivity contribution is 5.88. The molecule has 3 rings (SSSR count). The third kappa shape index (κ3) is 40.4. The number of ether oxygens (including phenoxy) is 9. The Morgan fingerprint density at radius 1 is 0.321 bits per heavy atom. The molecule has 0 amide bonds. The monoisotopic (exact) mass is 1120 g/mol. The Bertz CT molecular complexity index is 1960. The Balaban J connectivity index is 1.19. The minimum absolute atomic E-state index is 0.0248. The van der Waals surface area contributed by atoms with Crippen LogP contribution >= 0.6 is 0 Å². The van der Waals surface area contributed by atoms with Crippen molar-refractivity contribution in [1.29, 1.82) is 0 Å². The van der Waals surface area contributed by atoms with Gasteiger partial charge in [0.2, 0.25) is 0 Å². The molecular weight excluding hydrogens is 1020 g/mol. The SMILES string of the molecule is CCOC(=O)C=Cc1ccc(OCCCCCCCCCCCOCC(COCCCCCCCCCCCOc2ccc(C=CC(=O)OCC)cc2)OCCCCCCCCCCCOc2ccc(C=CC(=O)OCC)cc2)cc1. The van der Waals surface area contributed by atoms with Gasteiger partial charge in [-0.05, 0) is 131 Å². The lowest BCUT2D eigenvalue weighted by Gasteiger charge is -2.18. The van der Waals surface area contributed by atoms with Gasteiger partial charge in [0, 0.05) is 38.0 Å². The van der Waals surface area contributed by atoms with Crippen molar-refractivity contribution in [2.24, 2.45) is 0 Å². The number of unbranched alkanes of at least 4 members (excludes halogenated alkanes) is 24. The van der Waals surface area contributed by atoms with E-state index in [2.05, 4.69) is 0 Å². The van der Waals surface area contributed by atoms with Gasteiger partial charge in [-0.15, -0.1) is 0 Å². The van der Waals surface area contributed by atoms with Crippen molar-refractivity contribution in [3.05, 3.63) is 108 Å². The molecule has 12 nitrogen and oxygen atoms in total. The minimum atomic E-state index is -0.330. The van der Waals surface area contributed by atoms with Gasteiger partial charge in [-0.1, -0.05) is 171 Å². The smallest absolute Gasteiger partial charge is 0.330 e. The molecule has 0 saturated heterocycles. The second-order valence-corrected chi connectivity index (χ2v) is 20.7. The Morgan fingerprint density at radius 2 is 0.556 bits per heavy atom. The lowest BCUT2D eigenvalue weighted by atomic mass is 10.1. The predicted molar refractivity (Wildman–Crippen MR) is 329 cm³/mol. The maximum absolute atomic E-state index is 11.5. The predicted octanol–water partition coefficient (Wildman–Crippen LogP) is 16.9. The van der Waals surface area contributed by atoms with Crippen LogP contribution in [0, 0.1) is 0 Å². The lowest BCUT2D eigenvalue weighted by molar-refractivity contribution is -0.138. The van der Waals surface area contributed by atoms with E-state index in [-0.39, 0.29) is 24.0 Å². The number of carbonyl (C=O) groups excluding carboxylic acids is 3. The molecule has 0 spiro atoms. The zero-order chi connectivity index (χ0) is 57.7. The number of carbonyl (C=O) groups is 3. The second-order valence-electron chi connectivity index (χ2n) is 20.7. The van der Waals surface area contributed by atoms with Crippen LogP contribution in [0.4, 0.5) is 0 Å². The molecule has 3 aromatic carbocycles. The van der Waals surface area contributed by atoms with Gasteiger partial charge in [-0.2, -0.15) is 0 Å². The molecule has 0 heterocycles. The first-order valence-corrected chi connectivity index (χ1v) is 31.4. The Labute approximate surface area is 489 Å². The maximum atomic E-state index is 11.5. The van der Waals surface area contributed by atoms with E-state index in [4.69, 9.17) is 42.6 Å². The van der Waals surface area contributed by atoms with Gasteiger partial charge in [0.25, 0.3) is 0 Å².